The molecule has 0 amide bonds. The van der Waals surface area contributed by atoms with Gasteiger partial charge in [-0.05, 0) is 35.6 Å². The number of aromatic nitrogens is 1. The molecule has 1 heterocycles. The minimum absolute atomic E-state index is 0.00995. The zero-order valence-electron chi connectivity index (χ0n) is 12.9. The molecule has 122 valence electrons. The molecule has 0 unspecified atom stereocenters. The number of fused-ring (bicyclic) bond motifs is 1. The maximum atomic E-state index is 10.6. The molecule has 0 bridgehead atoms. The lowest BCUT2D eigenvalue weighted by Crippen LogP contribution is -2.08. The maximum Gasteiger partial charge on any atom is 0.269 e. The molecule has 0 aliphatic heterocycles. The van der Waals surface area contributed by atoms with Crippen molar-refractivity contribution >= 4 is 32.9 Å². The number of nitro benzene ring substituents is 1. The van der Waals surface area contributed by atoms with Crippen LogP contribution in [0.5, 0.6) is 5.75 Å². The second kappa shape index (κ2) is 6.59. The van der Waals surface area contributed by atoms with Crippen LogP contribution >= 0.6 is 11.3 Å². The van der Waals surface area contributed by atoms with Crippen molar-refractivity contribution in [3.8, 4) is 5.75 Å². The first-order valence-electron chi connectivity index (χ1n) is 6.91. The average molecular weight is 343 g/mol. The van der Waals surface area contributed by atoms with Gasteiger partial charge in [-0.1, -0.05) is 11.3 Å². The van der Waals surface area contributed by atoms with E-state index < -0.39 is 4.92 Å². The van der Waals surface area contributed by atoms with Crippen molar-refractivity contribution in [1.82, 2.24) is 4.57 Å². The fraction of sp³-hybridized carbons (Fsp3) is 0.133. The van der Waals surface area contributed by atoms with Crippen LogP contribution in [0.25, 0.3) is 10.2 Å². The van der Waals surface area contributed by atoms with Gasteiger partial charge in [0.15, 0.2) is 0 Å². The van der Waals surface area contributed by atoms with E-state index in [-0.39, 0.29) is 5.69 Å². The normalized spacial score (nSPS) is 12.2. The number of benzene rings is 2. The van der Waals surface area contributed by atoms with Gasteiger partial charge < -0.3 is 9.30 Å². The van der Waals surface area contributed by atoms with Crippen LogP contribution in [-0.4, -0.2) is 16.6 Å². The standard InChI is InChI=1S/C15H13N5O3S/c1-19-13-8-7-12(23-2)9-14(13)24-15(19)17-18-16-10-3-5-11(6-4-10)20(21)22/h3-9H,1-2H3/b17-15-,18-16?. The average Bonchev–Trinajstić information content (AvgIpc) is 2.91. The Morgan fingerprint density at radius 1 is 1.21 bits per heavy atom. The van der Waals surface area contributed by atoms with E-state index in [4.69, 9.17) is 4.74 Å². The summed E-state index contributed by atoms with van der Waals surface area (Å²) >= 11 is 1.47. The largest absolute Gasteiger partial charge is 0.497 e. The highest BCUT2D eigenvalue weighted by Gasteiger charge is 2.05. The van der Waals surface area contributed by atoms with Crippen LogP contribution in [0.3, 0.4) is 0 Å². The second-order valence-electron chi connectivity index (χ2n) is 4.84. The summed E-state index contributed by atoms with van der Waals surface area (Å²) in [6.07, 6.45) is 0. The fourth-order valence-corrected chi connectivity index (χ4v) is 3.08. The van der Waals surface area contributed by atoms with Crippen LogP contribution < -0.4 is 9.54 Å². The van der Waals surface area contributed by atoms with E-state index in [1.165, 1.54) is 35.6 Å². The highest BCUT2D eigenvalue weighted by molar-refractivity contribution is 7.16. The van der Waals surface area contributed by atoms with Crippen molar-refractivity contribution in [3.05, 3.63) is 57.4 Å². The van der Waals surface area contributed by atoms with Gasteiger partial charge in [-0.3, -0.25) is 10.1 Å². The van der Waals surface area contributed by atoms with Crippen molar-refractivity contribution < 1.29 is 9.66 Å². The van der Waals surface area contributed by atoms with Crippen molar-refractivity contribution in [2.75, 3.05) is 7.11 Å². The predicted octanol–water partition coefficient (Wildman–Crippen LogP) is 3.76. The molecule has 3 rings (SSSR count). The van der Waals surface area contributed by atoms with Gasteiger partial charge in [-0.25, -0.2) is 0 Å². The first kappa shape index (κ1) is 15.8. The molecule has 0 saturated heterocycles. The number of hydrogen-bond donors (Lipinski definition) is 0. The SMILES string of the molecule is COc1ccc2c(c1)s/c(=N\N=Nc1ccc([N+](=O)[O-])cc1)n2C. The molecule has 1 aromatic heterocycles. The van der Waals surface area contributed by atoms with Crippen LogP contribution in [0.15, 0.2) is 57.9 Å². The number of nitro groups is 1. The zero-order chi connectivity index (χ0) is 17.1. The molecule has 24 heavy (non-hydrogen) atoms. The van der Waals surface area contributed by atoms with E-state index in [9.17, 15) is 10.1 Å². The van der Waals surface area contributed by atoms with Crippen LogP contribution in [0.4, 0.5) is 11.4 Å². The Kier molecular flexibility index (Phi) is 4.34. The number of aryl methyl sites for hydroxylation is 1. The van der Waals surface area contributed by atoms with Crippen molar-refractivity contribution in [3.63, 3.8) is 0 Å². The third-order valence-electron chi connectivity index (χ3n) is 3.37. The van der Waals surface area contributed by atoms with Crippen LogP contribution in [-0.2, 0) is 7.05 Å². The summed E-state index contributed by atoms with van der Waals surface area (Å²) in [5, 5.41) is 22.5. The smallest absolute Gasteiger partial charge is 0.269 e. The molecular formula is C15H13N5O3S. The van der Waals surface area contributed by atoms with Gasteiger partial charge >= 0.3 is 0 Å². The van der Waals surface area contributed by atoms with Gasteiger partial charge in [0.25, 0.3) is 5.69 Å². The summed E-state index contributed by atoms with van der Waals surface area (Å²) in [4.78, 5) is 10.8. The van der Waals surface area contributed by atoms with Gasteiger partial charge in [0, 0.05) is 19.2 Å². The highest BCUT2D eigenvalue weighted by Crippen LogP contribution is 2.22. The monoisotopic (exact) mass is 343 g/mol. The summed E-state index contributed by atoms with van der Waals surface area (Å²) in [6.45, 7) is 0. The quantitative estimate of drug-likeness (QED) is 0.410. The number of thiazole rings is 1. The molecule has 8 nitrogen and oxygen atoms in total. The van der Waals surface area contributed by atoms with Crippen molar-refractivity contribution in [1.29, 1.82) is 0 Å². The Morgan fingerprint density at radius 2 is 1.96 bits per heavy atom. The highest BCUT2D eigenvalue weighted by atomic mass is 32.1. The number of rotatable bonds is 4. The minimum Gasteiger partial charge on any atom is -0.497 e. The van der Waals surface area contributed by atoms with E-state index >= 15 is 0 Å². The fourth-order valence-electron chi connectivity index (χ4n) is 2.09. The molecule has 0 atom stereocenters. The van der Waals surface area contributed by atoms with Gasteiger partial charge in [0.1, 0.15) is 5.75 Å². The molecule has 3 aromatic rings. The molecule has 9 heteroatoms. The number of non-ortho nitro benzene ring substituents is 1. The number of hydrogen-bond acceptors (Lipinski definition) is 6. The lowest BCUT2D eigenvalue weighted by atomic mass is 10.3. The van der Waals surface area contributed by atoms with Crippen LogP contribution in [0.1, 0.15) is 0 Å². The Morgan fingerprint density at radius 3 is 2.62 bits per heavy atom. The summed E-state index contributed by atoms with van der Waals surface area (Å²) in [7, 11) is 3.52. The van der Waals surface area contributed by atoms with Crippen LogP contribution in [0, 0.1) is 10.1 Å². The summed E-state index contributed by atoms with van der Waals surface area (Å²) < 4.78 is 8.15. The van der Waals surface area contributed by atoms with Gasteiger partial charge in [-0.2, -0.15) is 0 Å². The Labute approximate surface area is 140 Å². The van der Waals surface area contributed by atoms with Crippen molar-refractivity contribution in [2.24, 2.45) is 22.5 Å². The molecule has 0 aliphatic carbocycles. The summed E-state index contributed by atoms with van der Waals surface area (Å²) in [5.74, 6) is 0.781. The number of nitrogens with zero attached hydrogens (tertiary/aromatic N) is 5. The summed E-state index contributed by atoms with van der Waals surface area (Å²) in [5.41, 5.74) is 1.52. The van der Waals surface area contributed by atoms with E-state index in [1.54, 1.807) is 7.11 Å². The molecular weight excluding hydrogens is 330 g/mol. The van der Waals surface area contributed by atoms with Crippen LogP contribution in [0.2, 0.25) is 0 Å². The van der Waals surface area contributed by atoms with Crippen molar-refractivity contribution in [2.45, 2.75) is 0 Å². The molecule has 0 radical (unpaired) electrons. The third kappa shape index (κ3) is 3.15. The topological polar surface area (TPSA) is 94.4 Å². The Bertz CT molecular complexity index is 989. The van der Waals surface area contributed by atoms with Gasteiger partial charge in [-0.15, -0.1) is 10.2 Å². The first-order chi connectivity index (χ1) is 11.6. The van der Waals surface area contributed by atoms with E-state index in [0.717, 1.165) is 16.0 Å². The lowest BCUT2D eigenvalue weighted by Gasteiger charge is -1.99. The Balaban J connectivity index is 1.89. The molecule has 0 fully saturated rings. The van der Waals surface area contributed by atoms with E-state index in [2.05, 4.69) is 15.4 Å². The first-order valence-corrected chi connectivity index (χ1v) is 7.73. The van der Waals surface area contributed by atoms with E-state index in [0.29, 0.717) is 10.5 Å². The minimum atomic E-state index is -0.462. The number of ether oxygens (including phenoxy) is 1. The second-order valence-corrected chi connectivity index (χ2v) is 5.85. The van der Waals surface area contributed by atoms with Gasteiger partial charge in [0.2, 0.25) is 4.80 Å². The molecule has 0 spiro atoms. The Hall–Kier alpha value is -3.07. The predicted molar refractivity (Wildman–Crippen MR) is 90.5 cm³/mol. The maximum absolute atomic E-state index is 10.6. The molecule has 0 aliphatic rings. The number of methoxy groups -OCH3 is 1. The van der Waals surface area contributed by atoms with Gasteiger partial charge in [0.05, 0.1) is 27.9 Å². The molecule has 2 aromatic carbocycles. The molecule has 0 N–H and O–H groups in total. The lowest BCUT2D eigenvalue weighted by molar-refractivity contribution is -0.384. The summed E-state index contributed by atoms with van der Waals surface area (Å²) in [6, 6.07) is 11.6. The van der Waals surface area contributed by atoms with E-state index in [1.807, 2.05) is 29.8 Å². The molecule has 0 saturated carbocycles. The zero-order valence-corrected chi connectivity index (χ0v) is 13.7. The third-order valence-corrected chi connectivity index (χ3v) is 4.45.